The fourth-order valence-electron chi connectivity index (χ4n) is 0.909. The summed E-state index contributed by atoms with van der Waals surface area (Å²) in [6.07, 6.45) is 0. The molecule has 0 unspecified atom stereocenters. The molecule has 1 amide bonds. The quantitative estimate of drug-likeness (QED) is 0.874. The van der Waals surface area contributed by atoms with Crippen molar-refractivity contribution in [2.24, 2.45) is 0 Å². The molecule has 1 aromatic heterocycles. The highest BCUT2D eigenvalue weighted by Crippen LogP contribution is 2.31. The van der Waals surface area contributed by atoms with Crippen LogP contribution in [0.25, 0.3) is 0 Å². The molecule has 84 valence electrons. The van der Waals surface area contributed by atoms with Crippen LogP contribution in [0.5, 0.6) is 0 Å². The Hall–Kier alpha value is 0.0900. The molecule has 0 saturated carbocycles. The van der Waals surface area contributed by atoms with Crippen molar-refractivity contribution in [3.05, 3.63) is 19.2 Å². The van der Waals surface area contributed by atoms with Crippen molar-refractivity contribution in [3.63, 3.8) is 0 Å². The van der Waals surface area contributed by atoms with Gasteiger partial charge in [0, 0.05) is 0 Å². The lowest BCUT2D eigenvalue weighted by molar-refractivity contribution is 0.0869. The lowest BCUT2D eigenvalue weighted by atomic mass is 10.1. The highest BCUT2D eigenvalue weighted by atomic mass is 79.9. The summed E-state index contributed by atoms with van der Waals surface area (Å²) in [4.78, 5) is 11.8. The van der Waals surface area contributed by atoms with Crippen molar-refractivity contribution in [1.82, 2.24) is 5.32 Å². The maximum absolute atomic E-state index is 11.8. The molecule has 0 fully saturated rings. The highest BCUT2D eigenvalue weighted by Gasteiger charge is 2.22. The Labute approximate surface area is 109 Å². The number of rotatable bonds is 3. The number of thiophene rings is 1. The lowest BCUT2D eigenvalue weighted by Gasteiger charge is -2.23. The van der Waals surface area contributed by atoms with E-state index >= 15 is 0 Å². The Morgan fingerprint density at radius 1 is 1.60 bits per heavy atom. The average Bonchev–Trinajstić information content (AvgIpc) is 2.45. The van der Waals surface area contributed by atoms with Gasteiger partial charge in [-0.2, -0.15) is 0 Å². The number of hydrogen-bond donors (Lipinski definition) is 2. The number of aliphatic hydroxyl groups excluding tert-OH is 1. The molecular formula is C9H11Br2NO2S. The van der Waals surface area contributed by atoms with Crippen molar-refractivity contribution in [2.45, 2.75) is 19.4 Å². The number of nitrogens with one attached hydrogen (secondary N) is 1. The minimum atomic E-state index is -0.606. The van der Waals surface area contributed by atoms with Crippen LogP contribution < -0.4 is 5.32 Å². The van der Waals surface area contributed by atoms with Gasteiger partial charge in [0.1, 0.15) is 0 Å². The first-order chi connectivity index (χ1) is 6.85. The molecule has 0 atom stereocenters. The summed E-state index contributed by atoms with van der Waals surface area (Å²) in [5.41, 5.74) is -0.0290. The van der Waals surface area contributed by atoms with Crippen LogP contribution in [0.15, 0.2) is 13.6 Å². The van der Waals surface area contributed by atoms with Gasteiger partial charge < -0.3 is 10.4 Å². The van der Waals surface area contributed by atoms with E-state index in [4.69, 9.17) is 5.11 Å². The molecule has 3 nitrogen and oxygen atoms in total. The van der Waals surface area contributed by atoms with E-state index in [9.17, 15) is 4.79 Å². The van der Waals surface area contributed by atoms with Gasteiger partial charge >= 0.3 is 0 Å². The standard InChI is InChI=1S/C9H11Br2NO2S/c1-9(2,4-13)12-8(14)5-3-6(10)15-7(5)11/h3,13H,4H2,1-2H3,(H,12,14). The summed E-state index contributed by atoms with van der Waals surface area (Å²) in [5, 5.41) is 11.8. The van der Waals surface area contributed by atoms with E-state index in [-0.39, 0.29) is 12.5 Å². The molecule has 0 saturated heterocycles. The molecule has 1 rings (SSSR count). The van der Waals surface area contributed by atoms with Gasteiger partial charge in [-0.1, -0.05) is 0 Å². The van der Waals surface area contributed by atoms with Crippen molar-refractivity contribution < 1.29 is 9.90 Å². The number of carbonyl (C=O) groups excluding carboxylic acids is 1. The topological polar surface area (TPSA) is 49.3 Å². The van der Waals surface area contributed by atoms with E-state index in [2.05, 4.69) is 37.2 Å². The van der Waals surface area contributed by atoms with Gasteiger partial charge in [-0.15, -0.1) is 11.3 Å². The third-order valence-electron chi connectivity index (χ3n) is 1.75. The molecule has 15 heavy (non-hydrogen) atoms. The molecule has 1 aromatic rings. The Bertz CT molecular complexity index is 376. The first-order valence-electron chi connectivity index (χ1n) is 4.24. The number of hydrogen-bond acceptors (Lipinski definition) is 3. The zero-order chi connectivity index (χ0) is 11.6. The van der Waals surface area contributed by atoms with Crippen LogP contribution in [0.4, 0.5) is 0 Å². The van der Waals surface area contributed by atoms with Gasteiger partial charge in [-0.25, -0.2) is 0 Å². The van der Waals surface area contributed by atoms with Crippen LogP contribution in [0.3, 0.4) is 0 Å². The summed E-state index contributed by atoms with van der Waals surface area (Å²) < 4.78 is 1.67. The summed E-state index contributed by atoms with van der Waals surface area (Å²) in [5.74, 6) is -0.192. The van der Waals surface area contributed by atoms with E-state index in [1.165, 1.54) is 11.3 Å². The number of aliphatic hydroxyl groups is 1. The van der Waals surface area contributed by atoms with Crippen molar-refractivity contribution in [1.29, 1.82) is 0 Å². The molecule has 2 N–H and O–H groups in total. The van der Waals surface area contributed by atoms with Crippen LogP contribution in [0, 0.1) is 0 Å². The number of carbonyl (C=O) groups is 1. The molecule has 0 spiro atoms. The minimum absolute atomic E-state index is 0.0956. The normalized spacial score (nSPS) is 11.5. The summed E-state index contributed by atoms with van der Waals surface area (Å²) >= 11 is 8.06. The minimum Gasteiger partial charge on any atom is -0.394 e. The average molecular weight is 357 g/mol. The molecule has 0 bridgehead atoms. The zero-order valence-corrected chi connectivity index (χ0v) is 12.3. The van der Waals surface area contributed by atoms with E-state index < -0.39 is 5.54 Å². The van der Waals surface area contributed by atoms with Crippen molar-refractivity contribution in [3.8, 4) is 0 Å². The van der Waals surface area contributed by atoms with E-state index in [0.717, 1.165) is 7.57 Å². The Morgan fingerprint density at radius 2 is 2.20 bits per heavy atom. The predicted molar refractivity (Wildman–Crippen MR) is 68.4 cm³/mol. The maximum Gasteiger partial charge on any atom is 0.253 e. The fourth-order valence-corrected chi connectivity index (χ4v) is 3.70. The molecule has 1 heterocycles. The van der Waals surface area contributed by atoms with Crippen LogP contribution in [-0.2, 0) is 0 Å². The molecule has 6 heteroatoms. The third kappa shape index (κ3) is 3.55. The first kappa shape index (κ1) is 13.2. The lowest BCUT2D eigenvalue weighted by Crippen LogP contribution is -2.46. The van der Waals surface area contributed by atoms with Gasteiger partial charge in [-0.05, 0) is 51.8 Å². The van der Waals surface area contributed by atoms with Gasteiger partial charge in [0.2, 0.25) is 0 Å². The molecule has 0 aliphatic rings. The summed E-state index contributed by atoms with van der Waals surface area (Å²) in [6.45, 7) is 3.43. The second-order valence-corrected chi connectivity index (χ2v) is 7.48. The smallest absolute Gasteiger partial charge is 0.253 e. The Balaban J connectivity index is 2.82. The highest BCUT2D eigenvalue weighted by molar-refractivity contribution is 9.12. The number of halogens is 2. The molecule has 0 radical (unpaired) electrons. The van der Waals surface area contributed by atoms with Gasteiger partial charge in [0.15, 0.2) is 0 Å². The Kier molecular flexibility index (Phi) is 4.34. The van der Waals surface area contributed by atoms with Crippen molar-refractivity contribution in [2.75, 3.05) is 6.61 Å². The second-order valence-electron chi connectivity index (χ2n) is 3.73. The van der Waals surface area contributed by atoms with E-state index in [0.29, 0.717) is 5.56 Å². The second kappa shape index (κ2) is 4.95. The van der Waals surface area contributed by atoms with Gasteiger partial charge in [0.05, 0.1) is 25.3 Å². The molecule has 0 aromatic carbocycles. The third-order valence-corrected chi connectivity index (χ3v) is 4.09. The zero-order valence-electron chi connectivity index (χ0n) is 8.30. The maximum atomic E-state index is 11.8. The van der Waals surface area contributed by atoms with Crippen LogP contribution in [-0.4, -0.2) is 23.2 Å². The molecule has 0 aliphatic carbocycles. The molecular weight excluding hydrogens is 346 g/mol. The van der Waals surface area contributed by atoms with Gasteiger partial charge in [-0.3, -0.25) is 4.79 Å². The molecule has 0 aliphatic heterocycles. The first-order valence-corrected chi connectivity index (χ1v) is 6.64. The van der Waals surface area contributed by atoms with Crippen LogP contribution in [0.2, 0.25) is 0 Å². The fraction of sp³-hybridized carbons (Fsp3) is 0.444. The Morgan fingerprint density at radius 3 is 2.60 bits per heavy atom. The van der Waals surface area contributed by atoms with Crippen LogP contribution >= 0.6 is 43.2 Å². The SMILES string of the molecule is CC(C)(CO)NC(=O)c1cc(Br)sc1Br. The van der Waals surface area contributed by atoms with E-state index in [1.54, 1.807) is 19.9 Å². The number of amides is 1. The summed E-state index contributed by atoms with van der Waals surface area (Å²) in [6, 6.07) is 1.75. The van der Waals surface area contributed by atoms with Gasteiger partial charge in [0.25, 0.3) is 5.91 Å². The largest absolute Gasteiger partial charge is 0.394 e. The summed E-state index contributed by atoms with van der Waals surface area (Å²) in [7, 11) is 0. The van der Waals surface area contributed by atoms with E-state index in [1.807, 2.05) is 0 Å². The van der Waals surface area contributed by atoms with Crippen molar-refractivity contribution >= 4 is 49.1 Å². The predicted octanol–water partition coefficient (Wildman–Crippen LogP) is 2.77. The van der Waals surface area contributed by atoms with Crippen LogP contribution in [0.1, 0.15) is 24.2 Å². The monoisotopic (exact) mass is 355 g/mol.